The molecule has 0 unspecified atom stereocenters. The van der Waals surface area contributed by atoms with E-state index in [9.17, 15) is 14.4 Å². The van der Waals surface area contributed by atoms with Crippen LogP contribution in [0.25, 0.3) is 0 Å². The maximum absolute atomic E-state index is 13.0. The summed E-state index contributed by atoms with van der Waals surface area (Å²) in [7, 11) is 1.31. The average molecular weight is 447 g/mol. The third-order valence-electron chi connectivity index (χ3n) is 4.92. The Balaban J connectivity index is 1.91. The lowest BCUT2D eigenvalue weighted by atomic mass is 10.0. The molecule has 3 rings (SSSR count). The quantitative estimate of drug-likeness (QED) is 0.655. The molecule has 1 aromatic carbocycles. The van der Waals surface area contributed by atoms with Crippen molar-refractivity contribution in [1.29, 1.82) is 0 Å². The average Bonchev–Trinajstić information content (AvgIpc) is 3.11. The van der Waals surface area contributed by atoms with Crippen molar-refractivity contribution in [3.8, 4) is 11.5 Å². The monoisotopic (exact) mass is 446 g/mol. The van der Waals surface area contributed by atoms with E-state index in [4.69, 9.17) is 14.2 Å². The predicted molar refractivity (Wildman–Crippen MR) is 117 cm³/mol. The van der Waals surface area contributed by atoms with Gasteiger partial charge in [-0.3, -0.25) is 9.59 Å². The van der Waals surface area contributed by atoms with Crippen LogP contribution in [0, 0.1) is 0 Å². The molecule has 2 aromatic rings. The van der Waals surface area contributed by atoms with Gasteiger partial charge in [0.25, 0.3) is 5.91 Å². The van der Waals surface area contributed by atoms with Gasteiger partial charge in [0.2, 0.25) is 5.91 Å². The molecule has 0 saturated heterocycles. The third kappa shape index (κ3) is 4.82. The highest BCUT2D eigenvalue weighted by atomic mass is 32.1. The number of hydrogen-bond acceptors (Lipinski definition) is 7. The van der Waals surface area contributed by atoms with Crippen LogP contribution in [0.4, 0.5) is 5.00 Å². The molecule has 0 fully saturated rings. The molecule has 1 aromatic heterocycles. The fraction of sp³-hybridized carbons (Fsp3) is 0.409. The van der Waals surface area contributed by atoms with E-state index in [0.29, 0.717) is 60.4 Å². The number of anilines is 1. The third-order valence-corrected chi connectivity index (χ3v) is 6.06. The van der Waals surface area contributed by atoms with Gasteiger partial charge < -0.3 is 24.4 Å². The number of methoxy groups -OCH3 is 1. The fourth-order valence-electron chi connectivity index (χ4n) is 3.45. The van der Waals surface area contributed by atoms with E-state index in [1.54, 1.807) is 23.1 Å². The maximum atomic E-state index is 13.0. The van der Waals surface area contributed by atoms with E-state index in [1.807, 2.05) is 13.8 Å². The van der Waals surface area contributed by atoms with Crippen molar-refractivity contribution in [2.24, 2.45) is 0 Å². The van der Waals surface area contributed by atoms with E-state index in [1.165, 1.54) is 25.4 Å². The Labute approximate surface area is 185 Å². The summed E-state index contributed by atoms with van der Waals surface area (Å²) < 4.78 is 16.1. The minimum Gasteiger partial charge on any atom is -0.490 e. The Morgan fingerprint density at radius 2 is 1.84 bits per heavy atom. The number of benzene rings is 1. The smallest absolute Gasteiger partial charge is 0.341 e. The minimum absolute atomic E-state index is 0.0258. The standard InChI is InChI=1S/C22H26N2O6S/c1-5-29-16-8-7-14(11-17(16)30-6-2)20(26)23-21-19(22(27)28-4)15-9-10-24(13(3)25)12-18(15)31-21/h7-8,11H,5-6,9-10,12H2,1-4H3,(H,23,26). The topological polar surface area (TPSA) is 94.2 Å². The molecule has 1 aliphatic rings. The van der Waals surface area contributed by atoms with Crippen molar-refractivity contribution in [3.05, 3.63) is 39.8 Å². The summed E-state index contributed by atoms with van der Waals surface area (Å²) in [5.41, 5.74) is 1.56. The maximum Gasteiger partial charge on any atom is 0.341 e. The second-order valence-corrected chi connectivity index (χ2v) is 7.98. The zero-order chi connectivity index (χ0) is 22.5. The van der Waals surface area contributed by atoms with Gasteiger partial charge in [0.05, 0.1) is 32.4 Å². The second-order valence-electron chi connectivity index (χ2n) is 6.87. The van der Waals surface area contributed by atoms with Gasteiger partial charge in [-0.2, -0.15) is 0 Å². The summed E-state index contributed by atoms with van der Waals surface area (Å²) in [5, 5.41) is 3.26. The molecule has 0 atom stereocenters. The number of ether oxygens (including phenoxy) is 3. The number of nitrogens with one attached hydrogen (secondary N) is 1. The molecule has 0 bridgehead atoms. The highest BCUT2D eigenvalue weighted by Gasteiger charge is 2.30. The summed E-state index contributed by atoms with van der Waals surface area (Å²) >= 11 is 1.29. The number of esters is 1. The molecule has 0 radical (unpaired) electrons. The molecule has 31 heavy (non-hydrogen) atoms. The number of carbonyl (C=O) groups is 3. The molecule has 166 valence electrons. The van der Waals surface area contributed by atoms with Gasteiger partial charge in [0.1, 0.15) is 5.00 Å². The molecule has 0 saturated carbocycles. The van der Waals surface area contributed by atoms with E-state index < -0.39 is 5.97 Å². The lowest BCUT2D eigenvalue weighted by Crippen LogP contribution is -2.33. The normalized spacial score (nSPS) is 12.7. The number of nitrogens with zero attached hydrogens (tertiary/aromatic N) is 1. The first-order chi connectivity index (χ1) is 14.9. The molecule has 1 N–H and O–H groups in total. The molecular formula is C22H26N2O6S. The molecule has 8 nitrogen and oxygen atoms in total. The zero-order valence-electron chi connectivity index (χ0n) is 18.1. The van der Waals surface area contributed by atoms with Crippen LogP contribution in [0.15, 0.2) is 18.2 Å². The summed E-state index contributed by atoms with van der Waals surface area (Å²) in [5.74, 6) is 0.129. The minimum atomic E-state index is -0.509. The zero-order valence-corrected chi connectivity index (χ0v) is 18.9. The summed E-state index contributed by atoms with van der Waals surface area (Å²) in [4.78, 5) is 39.8. The molecule has 0 aliphatic carbocycles. The lowest BCUT2D eigenvalue weighted by molar-refractivity contribution is -0.129. The van der Waals surface area contributed by atoms with E-state index in [0.717, 1.165) is 10.4 Å². The lowest BCUT2D eigenvalue weighted by Gasteiger charge is -2.25. The van der Waals surface area contributed by atoms with Crippen LogP contribution in [0.5, 0.6) is 11.5 Å². The van der Waals surface area contributed by atoms with E-state index >= 15 is 0 Å². The van der Waals surface area contributed by atoms with Crippen LogP contribution in [-0.2, 0) is 22.5 Å². The number of carbonyl (C=O) groups excluding carboxylic acids is 3. The first-order valence-electron chi connectivity index (χ1n) is 10.1. The van der Waals surface area contributed by atoms with Gasteiger partial charge in [0.15, 0.2) is 11.5 Å². The summed E-state index contributed by atoms with van der Waals surface area (Å²) in [6.45, 7) is 7.08. The number of fused-ring (bicyclic) bond motifs is 1. The first kappa shape index (κ1) is 22.6. The van der Waals surface area contributed by atoms with Gasteiger partial charge >= 0.3 is 5.97 Å². The van der Waals surface area contributed by atoms with Crippen LogP contribution >= 0.6 is 11.3 Å². The Hall–Kier alpha value is -3.07. The van der Waals surface area contributed by atoms with Gasteiger partial charge in [-0.15, -0.1) is 11.3 Å². The van der Waals surface area contributed by atoms with Crippen molar-refractivity contribution >= 4 is 34.1 Å². The second kappa shape index (κ2) is 9.82. The van der Waals surface area contributed by atoms with Crippen molar-refractivity contribution in [2.45, 2.75) is 33.7 Å². The molecule has 9 heteroatoms. The molecular weight excluding hydrogens is 420 g/mol. The van der Waals surface area contributed by atoms with Gasteiger partial charge in [0, 0.05) is 23.9 Å². The van der Waals surface area contributed by atoms with Crippen molar-refractivity contribution < 1.29 is 28.6 Å². The predicted octanol–water partition coefficient (Wildman–Crippen LogP) is 3.49. The Bertz CT molecular complexity index is 1000. The number of thiophene rings is 1. The molecule has 1 aliphatic heterocycles. The van der Waals surface area contributed by atoms with Gasteiger partial charge in [-0.05, 0) is 44.0 Å². The number of hydrogen-bond donors (Lipinski definition) is 1. The summed E-state index contributed by atoms with van der Waals surface area (Å²) in [6.07, 6.45) is 0.531. The molecule has 2 amide bonds. The highest BCUT2D eigenvalue weighted by molar-refractivity contribution is 7.17. The van der Waals surface area contributed by atoms with Crippen LogP contribution in [0.2, 0.25) is 0 Å². The Kier molecular flexibility index (Phi) is 7.17. The van der Waals surface area contributed by atoms with Crippen molar-refractivity contribution in [2.75, 3.05) is 32.2 Å². The molecule has 2 heterocycles. The van der Waals surface area contributed by atoms with E-state index in [2.05, 4.69) is 5.32 Å². The first-order valence-corrected chi connectivity index (χ1v) is 10.9. The van der Waals surface area contributed by atoms with E-state index in [-0.39, 0.29) is 11.8 Å². The molecule has 0 spiro atoms. The van der Waals surface area contributed by atoms with Crippen LogP contribution < -0.4 is 14.8 Å². The van der Waals surface area contributed by atoms with Crippen LogP contribution in [0.1, 0.15) is 51.9 Å². The van der Waals surface area contributed by atoms with Crippen LogP contribution in [0.3, 0.4) is 0 Å². The number of amides is 2. The van der Waals surface area contributed by atoms with Crippen molar-refractivity contribution in [1.82, 2.24) is 4.90 Å². The SMILES string of the molecule is CCOc1ccc(C(=O)Nc2sc3c(c2C(=O)OC)CCN(C(C)=O)C3)cc1OCC. The van der Waals surface area contributed by atoms with Gasteiger partial charge in [-0.1, -0.05) is 0 Å². The fourth-order valence-corrected chi connectivity index (χ4v) is 4.69. The number of rotatable bonds is 7. The Morgan fingerprint density at radius 1 is 1.13 bits per heavy atom. The highest BCUT2D eigenvalue weighted by Crippen LogP contribution is 2.38. The van der Waals surface area contributed by atoms with Crippen molar-refractivity contribution in [3.63, 3.8) is 0 Å². The Morgan fingerprint density at radius 3 is 2.48 bits per heavy atom. The van der Waals surface area contributed by atoms with Crippen LogP contribution in [-0.4, -0.2) is 49.6 Å². The summed E-state index contributed by atoms with van der Waals surface area (Å²) in [6, 6.07) is 4.95. The largest absolute Gasteiger partial charge is 0.490 e. The van der Waals surface area contributed by atoms with Gasteiger partial charge in [-0.25, -0.2) is 4.79 Å².